The molecule has 0 radical (unpaired) electrons. The maximum atomic E-state index is 4.25. The van der Waals surface area contributed by atoms with E-state index in [0.717, 1.165) is 31.1 Å². The Morgan fingerprint density at radius 2 is 2.38 bits per heavy atom. The Bertz CT molecular complexity index is 451. The van der Waals surface area contributed by atoms with E-state index in [1.165, 1.54) is 0 Å². The van der Waals surface area contributed by atoms with Crippen LogP contribution in [0, 0.1) is 0 Å². The second-order valence-electron chi connectivity index (χ2n) is 3.66. The quantitative estimate of drug-likeness (QED) is 0.794. The molecule has 0 saturated carbocycles. The zero-order valence-electron chi connectivity index (χ0n) is 9.59. The minimum absolute atomic E-state index is 0.765. The second kappa shape index (κ2) is 4.89. The van der Waals surface area contributed by atoms with Crippen LogP contribution >= 0.6 is 0 Å². The Kier molecular flexibility index (Phi) is 3.31. The summed E-state index contributed by atoms with van der Waals surface area (Å²) in [5, 5.41) is 11.1. The van der Waals surface area contributed by atoms with E-state index in [-0.39, 0.29) is 0 Å². The van der Waals surface area contributed by atoms with E-state index >= 15 is 0 Å². The molecule has 0 atom stereocenters. The zero-order valence-corrected chi connectivity index (χ0v) is 9.59. The molecule has 2 rings (SSSR count). The van der Waals surface area contributed by atoms with E-state index in [0.29, 0.717) is 0 Å². The van der Waals surface area contributed by atoms with E-state index in [1.807, 2.05) is 10.6 Å². The van der Waals surface area contributed by atoms with Gasteiger partial charge in [0.05, 0.1) is 0 Å². The molecular formula is C10H16N6. The monoisotopic (exact) mass is 220 g/mol. The fraction of sp³-hybridized carbons (Fsp3) is 0.500. The summed E-state index contributed by atoms with van der Waals surface area (Å²) >= 11 is 0. The highest BCUT2D eigenvalue weighted by atomic mass is 15.2. The van der Waals surface area contributed by atoms with Crippen molar-refractivity contribution in [2.75, 3.05) is 32.0 Å². The first-order valence-corrected chi connectivity index (χ1v) is 5.38. The maximum absolute atomic E-state index is 4.25. The van der Waals surface area contributed by atoms with Crippen molar-refractivity contribution in [2.24, 2.45) is 0 Å². The van der Waals surface area contributed by atoms with Gasteiger partial charge in [0, 0.05) is 25.5 Å². The van der Waals surface area contributed by atoms with Gasteiger partial charge in [0.1, 0.15) is 6.33 Å². The van der Waals surface area contributed by atoms with Gasteiger partial charge in [-0.25, -0.2) is 4.98 Å². The van der Waals surface area contributed by atoms with Gasteiger partial charge in [-0.2, -0.15) is 0 Å². The molecule has 0 spiro atoms. The summed E-state index contributed by atoms with van der Waals surface area (Å²) in [7, 11) is 2.09. The molecule has 0 aromatic carbocycles. The summed E-state index contributed by atoms with van der Waals surface area (Å²) in [6, 6.07) is 0. The lowest BCUT2D eigenvalue weighted by atomic mass is 10.5. The number of hydrogen-bond donors (Lipinski definition) is 1. The van der Waals surface area contributed by atoms with Crippen LogP contribution in [0.3, 0.4) is 0 Å². The first kappa shape index (κ1) is 10.8. The van der Waals surface area contributed by atoms with Crippen molar-refractivity contribution in [3.8, 4) is 0 Å². The van der Waals surface area contributed by atoms with Crippen molar-refractivity contribution in [1.82, 2.24) is 24.5 Å². The number of hydrogen-bond acceptors (Lipinski definition) is 5. The Morgan fingerprint density at radius 1 is 1.50 bits per heavy atom. The number of aromatic nitrogens is 4. The van der Waals surface area contributed by atoms with Crippen LogP contribution in [-0.4, -0.2) is 51.2 Å². The molecule has 86 valence electrons. The molecule has 0 unspecified atom stereocenters. The van der Waals surface area contributed by atoms with E-state index in [2.05, 4.69) is 39.4 Å². The molecule has 0 fully saturated rings. The summed E-state index contributed by atoms with van der Waals surface area (Å²) in [6.07, 6.45) is 5.24. The Morgan fingerprint density at radius 3 is 3.19 bits per heavy atom. The van der Waals surface area contributed by atoms with Crippen LogP contribution < -0.4 is 5.32 Å². The standard InChI is InChI=1S/C10H16N6/c1-3-15(2)6-4-11-9-10-14-13-8-16(10)7-5-12-9/h5,7-8H,3-4,6H2,1-2H3,(H,11,12). The molecule has 0 aliphatic rings. The van der Waals surface area contributed by atoms with Crippen LogP contribution in [-0.2, 0) is 0 Å². The molecule has 2 aromatic rings. The molecule has 2 heterocycles. The Labute approximate surface area is 94.3 Å². The highest BCUT2D eigenvalue weighted by Gasteiger charge is 2.03. The SMILES string of the molecule is CCN(C)CCNc1nccn2cnnc12. The minimum Gasteiger partial charge on any atom is -0.366 e. The van der Waals surface area contributed by atoms with E-state index in [1.54, 1.807) is 12.5 Å². The van der Waals surface area contributed by atoms with Crippen molar-refractivity contribution < 1.29 is 0 Å². The summed E-state index contributed by atoms with van der Waals surface area (Å²) in [5.74, 6) is 0.782. The first-order chi connectivity index (χ1) is 7.81. The zero-order chi connectivity index (χ0) is 11.4. The number of likely N-dealkylation sites (N-methyl/N-ethyl adjacent to an activating group) is 1. The van der Waals surface area contributed by atoms with Gasteiger partial charge in [0.15, 0.2) is 5.82 Å². The fourth-order valence-corrected chi connectivity index (χ4v) is 1.41. The van der Waals surface area contributed by atoms with E-state index in [9.17, 15) is 0 Å². The van der Waals surface area contributed by atoms with Crippen LogP contribution in [0.4, 0.5) is 5.82 Å². The topological polar surface area (TPSA) is 58.4 Å². The van der Waals surface area contributed by atoms with Crippen molar-refractivity contribution in [2.45, 2.75) is 6.92 Å². The number of rotatable bonds is 5. The van der Waals surface area contributed by atoms with Gasteiger partial charge in [-0.3, -0.25) is 4.40 Å². The van der Waals surface area contributed by atoms with Crippen LogP contribution in [0.25, 0.3) is 5.65 Å². The van der Waals surface area contributed by atoms with Gasteiger partial charge < -0.3 is 10.2 Å². The average Bonchev–Trinajstić information content (AvgIpc) is 2.77. The van der Waals surface area contributed by atoms with E-state index in [4.69, 9.17) is 0 Å². The molecule has 0 saturated heterocycles. The molecule has 0 amide bonds. The van der Waals surface area contributed by atoms with Gasteiger partial charge in [-0.15, -0.1) is 10.2 Å². The van der Waals surface area contributed by atoms with Crippen molar-refractivity contribution in [1.29, 1.82) is 0 Å². The number of anilines is 1. The molecule has 16 heavy (non-hydrogen) atoms. The fourth-order valence-electron chi connectivity index (χ4n) is 1.41. The normalized spacial score (nSPS) is 11.2. The maximum Gasteiger partial charge on any atom is 0.203 e. The predicted octanol–water partition coefficient (Wildman–Crippen LogP) is 0.488. The summed E-state index contributed by atoms with van der Waals surface area (Å²) < 4.78 is 1.85. The number of fused-ring (bicyclic) bond motifs is 1. The average molecular weight is 220 g/mol. The first-order valence-electron chi connectivity index (χ1n) is 5.38. The third kappa shape index (κ3) is 2.27. The van der Waals surface area contributed by atoms with Crippen LogP contribution in [0.5, 0.6) is 0 Å². The largest absolute Gasteiger partial charge is 0.366 e. The van der Waals surface area contributed by atoms with Crippen LogP contribution in [0.2, 0.25) is 0 Å². The van der Waals surface area contributed by atoms with Gasteiger partial charge in [-0.1, -0.05) is 6.92 Å². The number of nitrogens with zero attached hydrogens (tertiary/aromatic N) is 5. The smallest absolute Gasteiger partial charge is 0.203 e. The highest BCUT2D eigenvalue weighted by molar-refractivity contribution is 5.61. The second-order valence-corrected chi connectivity index (χ2v) is 3.66. The molecule has 1 N–H and O–H groups in total. The Balaban J connectivity index is 2.01. The molecule has 0 bridgehead atoms. The van der Waals surface area contributed by atoms with Crippen molar-refractivity contribution in [3.63, 3.8) is 0 Å². The van der Waals surface area contributed by atoms with Crippen LogP contribution in [0.15, 0.2) is 18.7 Å². The lowest BCUT2D eigenvalue weighted by molar-refractivity contribution is 0.367. The van der Waals surface area contributed by atoms with Gasteiger partial charge in [0.2, 0.25) is 5.65 Å². The lowest BCUT2D eigenvalue weighted by Gasteiger charge is -2.14. The van der Waals surface area contributed by atoms with Gasteiger partial charge in [0.25, 0.3) is 0 Å². The molecule has 6 heteroatoms. The lowest BCUT2D eigenvalue weighted by Crippen LogP contribution is -2.25. The van der Waals surface area contributed by atoms with Gasteiger partial charge >= 0.3 is 0 Å². The summed E-state index contributed by atoms with van der Waals surface area (Å²) in [6.45, 7) is 5.01. The van der Waals surface area contributed by atoms with Crippen molar-refractivity contribution >= 4 is 11.5 Å². The minimum atomic E-state index is 0.765. The summed E-state index contributed by atoms with van der Waals surface area (Å²) in [5.41, 5.74) is 0.765. The molecular weight excluding hydrogens is 204 g/mol. The third-order valence-corrected chi connectivity index (χ3v) is 2.54. The predicted molar refractivity (Wildman–Crippen MR) is 62.4 cm³/mol. The highest BCUT2D eigenvalue weighted by Crippen LogP contribution is 2.08. The number of nitrogens with one attached hydrogen (secondary N) is 1. The van der Waals surface area contributed by atoms with Crippen LogP contribution in [0.1, 0.15) is 6.92 Å². The molecule has 0 aliphatic carbocycles. The Hall–Kier alpha value is -1.69. The van der Waals surface area contributed by atoms with E-state index < -0.39 is 0 Å². The molecule has 6 nitrogen and oxygen atoms in total. The van der Waals surface area contributed by atoms with Gasteiger partial charge in [-0.05, 0) is 13.6 Å². The van der Waals surface area contributed by atoms with Crippen molar-refractivity contribution in [3.05, 3.63) is 18.7 Å². The summed E-state index contributed by atoms with van der Waals surface area (Å²) in [4.78, 5) is 6.48. The molecule has 0 aliphatic heterocycles. The molecule has 2 aromatic heterocycles. The third-order valence-electron chi connectivity index (χ3n) is 2.54.